The smallest absolute Gasteiger partial charge is 0.0225 e. The molecule has 2 aliphatic rings. The van der Waals surface area contributed by atoms with E-state index in [-0.39, 0.29) is 0 Å². The van der Waals surface area contributed by atoms with Gasteiger partial charge in [0.2, 0.25) is 0 Å². The summed E-state index contributed by atoms with van der Waals surface area (Å²) in [6.07, 6.45) is 5.38. The summed E-state index contributed by atoms with van der Waals surface area (Å²) in [6, 6.07) is 18.0. The van der Waals surface area contributed by atoms with E-state index in [1.54, 1.807) is 11.1 Å². The maximum atomic E-state index is 2.35. The van der Waals surface area contributed by atoms with Crippen LogP contribution in [0.3, 0.4) is 0 Å². The molecule has 0 amide bonds. The lowest BCUT2D eigenvalue weighted by Crippen LogP contribution is -2.27. The van der Waals surface area contributed by atoms with Gasteiger partial charge in [0, 0.05) is 15.2 Å². The molecule has 1 aliphatic carbocycles. The van der Waals surface area contributed by atoms with Crippen molar-refractivity contribution in [1.29, 1.82) is 0 Å². The number of hydrogen-bond acceptors (Lipinski definition) is 1. The topological polar surface area (TPSA) is 0 Å². The first-order chi connectivity index (χ1) is 8.90. The molecule has 4 rings (SSSR count). The predicted molar refractivity (Wildman–Crippen MR) is 76.3 cm³/mol. The zero-order valence-corrected chi connectivity index (χ0v) is 11.2. The third-order valence-corrected chi connectivity index (χ3v) is 5.63. The van der Waals surface area contributed by atoms with Crippen molar-refractivity contribution in [2.45, 2.75) is 40.9 Å². The first-order valence-corrected chi connectivity index (χ1v) is 7.59. The molecule has 1 heteroatoms. The van der Waals surface area contributed by atoms with Crippen LogP contribution in [0.1, 0.15) is 36.8 Å². The van der Waals surface area contributed by atoms with Crippen LogP contribution in [0.5, 0.6) is 0 Å². The lowest BCUT2D eigenvalue weighted by molar-refractivity contribution is 0.511. The van der Waals surface area contributed by atoms with Crippen molar-refractivity contribution in [3.63, 3.8) is 0 Å². The summed E-state index contributed by atoms with van der Waals surface area (Å²) in [5.74, 6) is 0. The Hall–Kier alpha value is -1.21. The van der Waals surface area contributed by atoms with Gasteiger partial charge in [-0.25, -0.2) is 0 Å². The van der Waals surface area contributed by atoms with E-state index in [1.807, 2.05) is 11.8 Å². The van der Waals surface area contributed by atoms with Gasteiger partial charge in [-0.15, -0.1) is 0 Å². The normalized spacial score (nSPS) is 19.6. The highest BCUT2D eigenvalue weighted by atomic mass is 32.2. The third-order valence-electron chi connectivity index (χ3n) is 4.48. The van der Waals surface area contributed by atoms with Crippen molar-refractivity contribution in [2.24, 2.45) is 0 Å². The van der Waals surface area contributed by atoms with E-state index < -0.39 is 0 Å². The van der Waals surface area contributed by atoms with Gasteiger partial charge in [0.05, 0.1) is 0 Å². The predicted octanol–water partition coefficient (Wildman–Crippen LogP) is 5.01. The highest BCUT2D eigenvalue weighted by Crippen LogP contribution is 2.55. The summed E-state index contributed by atoms with van der Waals surface area (Å²) in [5.41, 5.74) is 3.47. The van der Waals surface area contributed by atoms with Gasteiger partial charge in [0.15, 0.2) is 0 Å². The Bertz CT molecular complexity index is 547. The molecule has 1 heterocycles. The average Bonchev–Trinajstić information content (AvgIpc) is 2.90. The number of rotatable bonds is 0. The number of benzene rings is 2. The Morgan fingerprint density at radius 2 is 1.22 bits per heavy atom. The van der Waals surface area contributed by atoms with Gasteiger partial charge < -0.3 is 0 Å². The molecule has 1 spiro atoms. The maximum Gasteiger partial charge on any atom is 0.0225 e. The van der Waals surface area contributed by atoms with Crippen LogP contribution in [-0.2, 0) is 5.41 Å². The molecule has 0 aromatic heterocycles. The fourth-order valence-corrected chi connectivity index (χ4v) is 4.96. The van der Waals surface area contributed by atoms with E-state index in [0.717, 1.165) is 0 Å². The summed E-state index contributed by atoms with van der Waals surface area (Å²) in [6.45, 7) is 0. The van der Waals surface area contributed by atoms with E-state index in [1.165, 1.54) is 35.5 Å². The van der Waals surface area contributed by atoms with Gasteiger partial charge in [0.1, 0.15) is 0 Å². The first kappa shape index (κ1) is 10.7. The van der Waals surface area contributed by atoms with Crippen LogP contribution in [0.25, 0.3) is 0 Å². The van der Waals surface area contributed by atoms with Crippen LogP contribution in [0, 0.1) is 0 Å². The fourth-order valence-electron chi connectivity index (χ4n) is 3.68. The van der Waals surface area contributed by atoms with E-state index in [9.17, 15) is 0 Å². The summed E-state index contributed by atoms with van der Waals surface area (Å²) >= 11 is 1.94. The van der Waals surface area contributed by atoms with Crippen LogP contribution >= 0.6 is 11.8 Å². The van der Waals surface area contributed by atoms with Gasteiger partial charge in [0.25, 0.3) is 0 Å². The van der Waals surface area contributed by atoms with Crippen LogP contribution < -0.4 is 0 Å². The molecule has 1 fully saturated rings. The van der Waals surface area contributed by atoms with Crippen LogP contribution in [0.4, 0.5) is 0 Å². The molecule has 0 nitrogen and oxygen atoms in total. The molecule has 1 saturated carbocycles. The van der Waals surface area contributed by atoms with Gasteiger partial charge in [-0.05, 0) is 36.1 Å². The van der Waals surface area contributed by atoms with E-state index >= 15 is 0 Å². The Labute approximate surface area is 112 Å². The van der Waals surface area contributed by atoms with E-state index in [0.29, 0.717) is 5.41 Å². The molecule has 0 bridgehead atoms. The standard InChI is InChI=1S/C17H16S/c1-3-9-15-13(7-1)17(11-5-6-12-17)14-8-2-4-10-16(14)18-15/h1-4,7-10H,5-6,11-12H2. The molecule has 2 aromatic carbocycles. The molecule has 0 N–H and O–H groups in total. The molecule has 0 radical (unpaired) electrons. The van der Waals surface area contributed by atoms with Crippen molar-refractivity contribution < 1.29 is 0 Å². The molecule has 18 heavy (non-hydrogen) atoms. The summed E-state index contributed by atoms with van der Waals surface area (Å²) in [5, 5.41) is 0. The van der Waals surface area contributed by atoms with Gasteiger partial charge in [-0.1, -0.05) is 61.0 Å². The molecular weight excluding hydrogens is 236 g/mol. The largest absolute Gasteiger partial charge is 0.0895 e. The second-order valence-electron chi connectivity index (χ2n) is 5.38. The van der Waals surface area contributed by atoms with Gasteiger partial charge in [-0.3, -0.25) is 0 Å². The first-order valence-electron chi connectivity index (χ1n) is 6.77. The SMILES string of the molecule is c1ccc2c(c1)Sc1ccccc1C21CCCC1. The van der Waals surface area contributed by atoms with Crippen LogP contribution in [-0.4, -0.2) is 0 Å². The molecule has 2 aromatic rings. The molecule has 1 aliphatic heterocycles. The minimum atomic E-state index is 0.318. The monoisotopic (exact) mass is 252 g/mol. The molecular formula is C17H16S. The summed E-state index contributed by atoms with van der Waals surface area (Å²) < 4.78 is 0. The van der Waals surface area contributed by atoms with E-state index in [2.05, 4.69) is 48.5 Å². The molecule has 90 valence electrons. The fraction of sp³-hybridized carbons (Fsp3) is 0.294. The lowest BCUT2D eigenvalue weighted by Gasteiger charge is -2.37. The lowest BCUT2D eigenvalue weighted by atomic mass is 9.73. The quantitative estimate of drug-likeness (QED) is 0.635. The van der Waals surface area contributed by atoms with Crippen molar-refractivity contribution in [1.82, 2.24) is 0 Å². The summed E-state index contributed by atoms with van der Waals surface area (Å²) in [7, 11) is 0. The molecule has 0 atom stereocenters. The Morgan fingerprint density at radius 3 is 1.78 bits per heavy atom. The minimum Gasteiger partial charge on any atom is -0.0895 e. The second kappa shape index (κ2) is 3.89. The van der Waals surface area contributed by atoms with Gasteiger partial charge in [-0.2, -0.15) is 0 Å². The highest BCUT2D eigenvalue weighted by molar-refractivity contribution is 7.99. The van der Waals surface area contributed by atoms with Crippen LogP contribution in [0.2, 0.25) is 0 Å². The number of fused-ring (bicyclic) bond motifs is 4. The van der Waals surface area contributed by atoms with Crippen molar-refractivity contribution in [3.8, 4) is 0 Å². The Kier molecular flexibility index (Phi) is 2.31. The van der Waals surface area contributed by atoms with Crippen LogP contribution in [0.15, 0.2) is 58.3 Å². The number of hydrogen-bond donors (Lipinski definition) is 0. The minimum absolute atomic E-state index is 0.318. The maximum absolute atomic E-state index is 2.35. The Balaban J connectivity index is 2.01. The molecule has 0 saturated heterocycles. The van der Waals surface area contributed by atoms with Gasteiger partial charge >= 0.3 is 0 Å². The second-order valence-corrected chi connectivity index (χ2v) is 6.47. The summed E-state index contributed by atoms with van der Waals surface area (Å²) in [4.78, 5) is 2.94. The van der Waals surface area contributed by atoms with Crippen molar-refractivity contribution in [3.05, 3.63) is 59.7 Å². The van der Waals surface area contributed by atoms with E-state index in [4.69, 9.17) is 0 Å². The average molecular weight is 252 g/mol. The third kappa shape index (κ3) is 1.34. The highest BCUT2D eigenvalue weighted by Gasteiger charge is 2.42. The Morgan fingerprint density at radius 1 is 0.722 bits per heavy atom. The van der Waals surface area contributed by atoms with Crippen molar-refractivity contribution in [2.75, 3.05) is 0 Å². The van der Waals surface area contributed by atoms with Crippen molar-refractivity contribution >= 4 is 11.8 Å². The zero-order chi connectivity index (χ0) is 12.0. The molecule has 0 unspecified atom stereocenters. The zero-order valence-electron chi connectivity index (χ0n) is 10.4.